The molecule has 1 aliphatic heterocycles. The summed E-state index contributed by atoms with van der Waals surface area (Å²) < 4.78 is 0. The zero-order valence-electron chi connectivity index (χ0n) is 16.6. The smallest absolute Gasteiger partial charge is 0.254 e. The second-order valence-corrected chi connectivity index (χ2v) is 8.01. The van der Waals surface area contributed by atoms with Crippen LogP contribution in [0.5, 0.6) is 0 Å². The summed E-state index contributed by atoms with van der Waals surface area (Å²) in [7, 11) is 0. The number of carbonyl (C=O) groups is 2. The van der Waals surface area contributed by atoms with E-state index < -0.39 is 6.04 Å². The third-order valence-corrected chi connectivity index (χ3v) is 5.70. The molecule has 3 N–H and O–H groups in total. The molecule has 2 amide bonds. The normalized spacial score (nSPS) is 16.3. The molecule has 0 fully saturated rings. The van der Waals surface area contributed by atoms with E-state index >= 15 is 0 Å². The van der Waals surface area contributed by atoms with Gasteiger partial charge in [0.05, 0.1) is 17.8 Å². The first kappa shape index (κ1) is 20.4. The lowest BCUT2D eigenvalue weighted by atomic mass is 10.0. The Kier molecular flexibility index (Phi) is 6.02. The van der Waals surface area contributed by atoms with Gasteiger partial charge in [-0.05, 0) is 66.4 Å². The first-order valence-electron chi connectivity index (χ1n) is 10.2. The average molecular weight is 422 g/mol. The number of hydrogen-bond acceptors (Lipinski definition) is 3. The van der Waals surface area contributed by atoms with Crippen molar-refractivity contribution in [1.29, 1.82) is 0 Å². The van der Waals surface area contributed by atoms with Gasteiger partial charge in [-0.15, -0.1) is 0 Å². The van der Waals surface area contributed by atoms with Gasteiger partial charge in [-0.2, -0.15) is 0 Å². The van der Waals surface area contributed by atoms with Crippen LogP contribution in [-0.2, 0) is 11.3 Å². The Bertz CT molecular complexity index is 1100. The minimum absolute atomic E-state index is 0.130. The third kappa shape index (κ3) is 4.18. The molecule has 5 nitrogen and oxygen atoms in total. The van der Waals surface area contributed by atoms with E-state index in [9.17, 15) is 9.59 Å². The van der Waals surface area contributed by atoms with Crippen molar-refractivity contribution in [1.82, 2.24) is 5.32 Å². The first-order chi connectivity index (χ1) is 14.6. The molecule has 0 radical (unpaired) electrons. The standard InChI is InChI=1S/C24H24ClN3O2/c25-19-10-11-20-22(14-19)28(24(30)21(27-23(20)29)7-3-4-12-26)15-16-8-9-17-5-1-2-6-18(17)13-16/h1-2,5-6,8-11,13-14,21H,3-4,7,12,15,26H2,(H,27,29). The number of halogens is 1. The molecule has 1 heterocycles. The molecular formula is C24H24ClN3O2. The van der Waals surface area contributed by atoms with E-state index in [0.717, 1.165) is 29.2 Å². The number of nitrogens with zero attached hydrogens (tertiary/aromatic N) is 1. The summed E-state index contributed by atoms with van der Waals surface area (Å²) in [4.78, 5) is 28.0. The molecule has 6 heteroatoms. The van der Waals surface area contributed by atoms with Gasteiger partial charge in [0.1, 0.15) is 6.04 Å². The van der Waals surface area contributed by atoms with Crippen molar-refractivity contribution >= 4 is 39.9 Å². The van der Waals surface area contributed by atoms with E-state index in [-0.39, 0.29) is 11.8 Å². The summed E-state index contributed by atoms with van der Waals surface area (Å²) in [6, 6.07) is 18.7. The maximum atomic E-state index is 13.5. The Hall–Kier alpha value is -2.89. The molecule has 0 saturated heterocycles. The summed E-state index contributed by atoms with van der Waals surface area (Å²) >= 11 is 6.23. The molecule has 4 rings (SSSR count). The van der Waals surface area contributed by atoms with Crippen LogP contribution >= 0.6 is 11.6 Å². The highest BCUT2D eigenvalue weighted by molar-refractivity contribution is 6.31. The van der Waals surface area contributed by atoms with E-state index in [1.807, 2.05) is 24.3 Å². The summed E-state index contributed by atoms with van der Waals surface area (Å²) in [5, 5.41) is 5.63. The number of benzene rings is 3. The second-order valence-electron chi connectivity index (χ2n) is 7.58. The summed E-state index contributed by atoms with van der Waals surface area (Å²) in [5.74, 6) is -0.386. The molecule has 0 bridgehead atoms. The number of amides is 2. The van der Waals surface area contributed by atoms with Gasteiger partial charge < -0.3 is 16.0 Å². The molecule has 1 atom stereocenters. The molecule has 30 heavy (non-hydrogen) atoms. The Morgan fingerprint density at radius 3 is 2.57 bits per heavy atom. The zero-order chi connectivity index (χ0) is 21.1. The highest BCUT2D eigenvalue weighted by atomic mass is 35.5. The Morgan fingerprint density at radius 2 is 1.77 bits per heavy atom. The van der Waals surface area contributed by atoms with Gasteiger partial charge in [-0.1, -0.05) is 48.0 Å². The highest BCUT2D eigenvalue weighted by Gasteiger charge is 2.33. The molecule has 1 unspecified atom stereocenters. The molecule has 0 saturated carbocycles. The van der Waals surface area contributed by atoms with Crippen LogP contribution in [0.15, 0.2) is 60.7 Å². The van der Waals surface area contributed by atoms with E-state index in [1.165, 1.54) is 0 Å². The fourth-order valence-electron chi connectivity index (χ4n) is 3.90. The molecule has 0 aromatic heterocycles. The van der Waals surface area contributed by atoms with Gasteiger partial charge in [0, 0.05) is 5.02 Å². The number of nitrogens with one attached hydrogen (secondary N) is 1. The maximum Gasteiger partial charge on any atom is 0.254 e. The minimum atomic E-state index is -0.587. The maximum absolute atomic E-state index is 13.5. The van der Waals surface area contributed by atoms with Crippen molar-refractivity contribution < 1.29 is 9.59 Å². The third-order valence-electron chi connectivity index (χ3n) is 5.47. The number of unbranched alkanes of at least 4 members (excludes halogenated alkanes) is 1. The lowest BCUT2D eigenvalue weighted by molar-refractivity contribution is -0.120. The predicted molar refractivity (Wildman–Crippen MR) is 121 cm³/mol. The van der Waals surface area contributed by atoms with Gasteiger partial charge >= 0.3 is 0 Å². The van der Waals surface area contributed by atoms with E-state index in [0.29, 0.717) is 35.8 Å². The highest BCUT2D eigenvalue weighted by Crippen LogP contribution is 2.30. The number of hydrogen-bond donors (Lipinski definition) is 2. The molecule has 0 spiro atoms. The predicted octanol–water partition coefficient (Wildman–Crippen LogP) is 4.27. The fourth-order valence-corrected chi connectivity index (χ4v) is 4.06. The van der Waals surface area contributed by atoms with Crippen molar-refractivity contribution in [3.63, 3.8) is 0 Å². The van der Waals surface area contributed by atoms with Gasteiger partial charge in [-0.3, -0.25) is 9.59 Å². The molecule has 154 valence electrons. The average Bonchev–Trinajstić information content (AvgIpc) is 2.84. The number of carbonyl (C=O) groups excluding carboxylic acids is 2. The van der Waals surface area contributed by atoms with Crippen molar-refractivity contribution in [3.05, 3.63) is 76.8 Å². The van der Waals surface area contributed by atoms with E-state index in [2.05, 4.69) is 23.5 Å². The van der Waals surface area contributed by atoms with Crippen LogP contribution < -0.4 is 16.0 Å². The quantitative estimate of drug-likeness (QED) is 0.583. The Morgan fingerprint density at radius 1 is 0.967 bits per heavy atom. The summed E-state index contributed by atoms with van der Waals surface area (Å²) in [5.41, 5.74) is 7.58. The van der Waals surface area contributed by atoms with Crippen LogP contribution in [0.1, 0.15) is 35.2 Å². The van der Waals surface area contributed by atoms with E-state index in [4.69, 9.17) is 17.3 Å². The minimum Gasteiger partial charge on any atom is -0.340 e. The Labute approximate surface area is 180 Å². The zero-order valence-corrected chi connectivity index (χ0v) is 17.4. The van der Waals surface area contributed by atoms with Gasteiger partial charge in [0.2, 0.25) is 5.91 Å². The van der Waals surface area contributed by atoms with Gasteiger partial charge in [-0.25, -0.2) is 0 Å². The molecule has 3 aromatic carbocycles. The summed E-state index contributed by atoms with van der Waals surface area (Å²) in [6.07, 6.45) is 2.13. The van der Waals surface area contributed by atoms with Crippen molar-refractivity contribution in [2.75, 3.05) is 11.4 Å². The topological polar surface area (TPSA) is 75.4 Å². The van der Waals surface area contributed by atoms with Crippen LogP contribution in [-0.4, -0.2) is 24.4 Å². The molecule has 1 aliphatic rings. The number of anilines is 1. The fraction of sp³-hybridized carbons (Fsp3) is 0.250. The van der Waals surface area contributed by atoms with E-state index in [1.54, 1.807) is 23.1 Å². The lowest BCUT2D eigenvalue weighted by Gasteiger charge is -2.26. The number of nitrogens with two attached hydrogens (primary N) is 1. The number of fused-ring (bicyclic) bond motifs is 2. The van der Waals surface area contributed by atoms with Crippen LogP contribution in [0.25, 0.3) is 10.8 Å². The SMILES string of the molecule is NCCCCC1NC(=O)c2ccc(Cl)cc2N(Cc2ccc3ccccc3c2)C1=O. The van der Waals surface area contributed by atoms with Crippen molar-refractivity contribution in [2.45, 2.75) is 31.8 Å². The Balaban J connectivity index is 1.72. The van der Waals surface area contributed by atoms with Crippen LogP contribution in [0.4, 0.5) is 5.69 Å². The van der Waals surface area contributed by atoms with Crippen LogP contribution in [0.2, 0.25) is 5.02 Å². The molecule has 0 aliphatic carbocycles. The first-order valence-corrected chi connectivity index (χ1v) is 10.5. The lowest BCUT2D eigenvalue weighted by Crippen LogP contribution is -2.45. The van der Waals surface area contributed by atoms with Gasteiger partial charge in [0.15, 0.2) is 0 Å². The van der Waals surface area contributed by atoms with Crippen LogP contribution in [0.3, 0.4) is 0 Å². The summed E-state index contributed by atoms with van der Waals surface area (Å²) in [6.45, 7) is 0.921. The van der Waals surface area contributed by atoms with Gasteiger partial charge in [0.25, 0.3) is 5.91 Å². The van der Waals surface area contributed by atoms with Crippen LogP contribution in [0, 0.1) is 0 Å². The second kappa shape index (κ2) is 8.86. The van der Waals surface area contributed by atoms with Crippen molar-refractivity contribution in [2.24, 2.45) is 5.73 Å². The van der Waals surface area contributed by atoms with Crippen molar-refractivity contribution in [3.8, 4) is 0 Å². The monoisotopic (exact) mass is 421 g/mol. The molecule has 3 aromatic rings. The number of rotatable bonds is 6. The largest absolute Gasteiger partial charge is 0.340 e. The molecular weight excluding hydrogens is 398 g/mol.